The number of ether oxygens (including phenoxy) is 1. The molecule has 4 nitrogen and oxygen atoms in total. The number of aryl methyl sites for hydroxylation is 1. The van der Waals surface area contributed by atoms with E-state index in [4.69, 9.17) is 4.74 Å². The van der Waals surface area contributed by atoms with Crippen molar-refractivity contribution in [3.8, 4) is 5.75 Å². The molecule has 1 aromatic heterocycles. The molecule has 5 heteroatoms. The first-order valence-corrected chi connectivity index (χ1v) is 10.8. The van der Waals surface area contributed by atoms with Crippen LogP contribution in [0.5, 0.6) is 5.75 Å². The summed E-state index contributed by atoms with van der Waals surface area (Å²) in [6.45, 7) is 5.72. The summed E-state index contributed by atoms with van der Waals surface area (Å²) in [6.07, 6.45) is 6.44. The first-order valence-electron chi connectivity index (χ1n) is 10.8. The maximum absolute atomic E-state index is 13.0. The Morgan fingerprint density at radius 2 is 1.73 bits per heavy atom. The number of ketones is 1. The lowest BCUT2D eigenvalue weighted by atomic mass is 10.1. The van der Waals surface area contributed by atoms with Crippen LogP contribution in [0.1, 0.15) is 43.0 Å². The zero-order chi connectivity index (χ0) is 20.9. The van der Waals surface area contributed by atoms with Gasteiger partial charge in [-0.05, 0) is 69.5 Å². The number of Topliss-reactive ketones (excluding diaryl/α,β-unsaturated/α-hetero) is 1. The number of halogens is 1. The predicted octanol–water partition coefficient (Wildman–Crippen LogP) is 5.31. The SMILES string of the molecule is CC(=O)c1cn(CCCCN2CCC(Oc3ccc(F)cc3)CC2)c2ccccc12. The molecule has 1 fully saturated rings. The van der Waals surface area contributed by atoms with Crippen molar-refractivity contribution in [2.45, 2.75) is 45.3 Å². The largest absolute Gasteiger partial charge is 0.490 e. The number of rotatable bonds is 8. The van der Waals surface area contributed by atoms with E-state index in [1.54, 1.807) is 19.1 Å². The molecule has 4 rings (SSSR count). The first kappa shape index (κ1) is 20.6. The Balaban J connectivity index is 1.21. The number of hydrogen-bond donors (Lipinski definition) is 0. The van der Waals surface area contributed by atoms with Gasteiger partial charge in [-0.15, -0.1) is 0 Å². The van der Waals surface area contributed by atoms with Crippen LogP contribution in [-0.4, -0.2) is 41.0 Å². The lowest BCUT2D eigenvalue weighted by Gasteiger charge is -2.32. The third-order valence-electron chi connectivity index (χ3n) is 5.94. The van der Waals surface area contributed by atoms with Gasteiger partial charge in [0, 0.05) is 42.3 Å². The van der Waals surface area contributed by atoms with Gasteiger partial charge in [-0.25, -0.2) is 4.39 Å². The molecule has 0 saturated carbocycles. The van der Waals surface area contributed by atoms with Crippen LogP contribution in [0.2, 0.25) is 0 Å². The second-order valence-corrected chi connectivity index (χ2v) is 8.13. The molecule has 0 N–H and O–H groups in total. The monoisotopic (exact) mass is 408 g/mol. The van der Waals surface area contributed by atoms with Crippen LogP contribution < -0.4 is 4.74 Å². The normalized spacial score (nSPS) is 15.5. The van der Waals surface area contributed by atoms with Crippen molar-refractivity contribution in [1.29, 1.82) is 0 Å². The molecule has 0 radical (unpaired) electrons. The van der Waals surface area contributed by atoms with E-state index in [0.29, 0.717) is 0 Å². The van der Waals surface area contributed by atoms with Crippen LogP contribution in [0.15, 0.2) is 54.7 Å². The Hall–Kier alpha value is -2.66. The van der Waals surface area contributed by atoms with E-state index in [0.717, 1.165) is 74.1 Å². The fourth-order valence-electron chi connectivity index (χ4n) is 4.29. The highest BCUT2D eigenvalue weighted by Crippen LogP contribution is 2.23. The number of fused-ring (bicyclic) bond motifs is 1. The van der Waals surface area contributed by atoms with Gasteiger partial charge in [0.1, 0.15) is 17.7 Å². The van der Waals surface area contributed by atoms with Crippen LogP contribution >= 0.6 is 0 Å². The minimum absolute atomic E-state index is 0.121. The fourth-order valence-corrected chi connectivity index (χ4v) is 4.29. The van der Waals surface area contributed by atoms with E-state index < -0.39 is 0 Å². The number of para-hydroxylation sites is 1. The maximum Gasteiger partial charge on any atom is 0.161 e. The molecule has 0 bridgehead atoms. The Morgan fingerprint density at radius 1 is 1.03 bits per heavy atom. The Morgan fingerprint density at radius 3 is 2.47 bits per heavy atom. The predicted molar refractivity (Wildman–Crippen MR) is 118 cm³/mol. The van der Waals surface area contributed by atoms with Crippen LogP contribution in [0.4, 0.5) is 4.39 Å². The van der Waals surface area contributed by atoms with Gasteiger partial charge in [-0.3, -0.25) is 4.79 Å². The average Bonchev–Trinajstić information content (AvgIpc) is 3.13. The molecule has 2 aromatic carbocycles. The smallest absolute Gasteiger partial charge is 0.161 e. The molecule has 30 heavy (non-hydrogen) atoms. The van der Waals surface area contributed by atoms with Crippen molar-refractivity contribution >= 4 is 16.7 Å². The van der Waals surface area contributed by atoms with Gasteiger partial charge in [0.25, 0.3) is 0 Å². The van der Waals surface area contributed by atoms with Crippen molar-refractivity contribution in [2.24, 2.45) is 0 Å². The summed E-state index contributed by atoms with van der Waals surface area (Å²) in [7, 11) is 0. The lowest BCUT2D eigenvalue weighted by Crippen LogP contribution is -2.38. The van der Waals surface area contributed by atoms with Gasteiger partial charge in [-0.2, -0.15) is 0 Å². The molecular formula is C25H29FN2O2. The molecule has 0 atom stereocenters. The number of hydrogen-bond acceptors (Lipinski definition) is 3. The Bertz CT molecular complexity index is 988. The summed E-state index contributed by atoms with van der Waals surface area (Å²) in [6, 6.07) is 14.4. The molecule has 1 aliphatic heterocycles. The molecule has 1 saturated heterocycles. The standard InChI is InChI=1S/C25H29FN2O2/c1-19(29)24-18-28(25-7-3-2-6-23(24)25)15-5-4-14-27-16-12-22(13-17-27)30-21-10-8-20(26)9-11-21/h2-3,6-11,18,22H,4-5,12-17H2,1H3. The summed E-state index contributed by atoms with van der Waals surface area (Å²) in [4.78, 5) is 14.4. The highest BCUT2D eigenvalue weighted by atomic mass is 19.1. The summed E-state index contributed by atoms with van der Waals surface area (Å²) >= 11 is 0. The van der Waals surface area contributed by atoms with E-state index >= 15 is 0 Å². The molecule has 0 amide bonds. The molecule has 0 unspecified atom stereocenters. The summed E-state index contributed by atoms with van der Waals surface area (Å²) in [5.74, 6) is 0.636. The van der Waals surface area contributed by atoms with Gasteiger partial charge in [-0.1, -0.05) is 18.2 Å². The highest BCUT2D eigenvalue weighted by Gasteiger charge is 2.20. The van der Waals surface area contributed by atoms with E-state index in [-0.39, 0.29) is 17.7 Å². The highest BCUT2D eigenvalue weighted by molar-refractivity contribution is 6.06. The minimum Gasteiger partial charge on any atom is -0.490 e. The first-order chi connectivity index (χ1) is 14.6. The van der Waals surface area contributed by atoms with Crippen molar-refractivity contribution in [3.63, 3.8) is 0 Å². The van der Waals surface area contributed by atoms with Crippen LogP contribution in [-0.2, 0) is 6.54 Å². The van der Waals surface area contributed by atoms with Crippen LogP contribution in [0.3, 0.4) is 0 Å². The minimum atomic E-state index is -0.234. The fraction of sp³-hybridized carbons (Fsp3) is 0.400. The quantitative estimate of drug-likeness (QED) is 0.374. The second kappa shape index (κ2) is 9.43. The van der Waals surface area contributed by atoms with Gasteiger partial charge in [0.2, 0.25) is 0 Å². The van der Waals surface area contributed by atoms with Gasteiger partial charge < -0.3 is 14.2 Å². The molecule has 0 spiro atoms. The molecule has 2 heterocycles. The molecular weight excluding hydrogens is 379 g/mol. The molecule has 158 valence electrons. The summed E-state index contributed by atoms with van der Waals surface area (Å²) in [5.41, 5.74) is 1.95. The number of likely N-dealkylation sites (tertiary alicyclic amines) is 1. The summed E-state index contributed by atoms with van der Waals surface area (Å²) < 4.78 is 21.2. The van der Waals surface area contributed by atoms with Crippen molar-refractivity contribution in [1.82, 2.24) is 9.47 Å². The number of piperidine rings is 1. The number of carbonyl (C=O) groups excluding carboxylic acids is 1. The van der Waals surface area contributed by atoms with Crippen LogP contribution in [0, 0.1) is 5.82 Å². The maximum atomic E-state index is 13.0. The number of benzene rings is 2. The molecule has 3 aromatic rings. The topological polar surface area (TPSA) is 34.5 Å². The number of carbonyl (C=O) groups is 1. The van der Waals surface area contributed by atoms with E-state index in [1.165, 1.54) is 12.1 Å². The second-order valence-electron chi connectivity index (χ2n) is 8.13. The third kappa shape index (κ3) is 4.90. The Kier molecular flexibility index (Phi) is 6.48. The van der Waals surface area contributed by atoms with Gasteiger partial charge in [0.05, 0.1) is 0 Å². The van der Waals surface area contributed by atoms with Gasteiger partial charge >= 0.3 is 0 Å². The van der Waals surface area contributed by atoms with E-state index in [9.17, 15) is 9.18 Å². The van der Waals surface area contributed by atoms with Crippen molar-refractivity contribution in [3.05, 3.63) is 66.1 Å². The number of unbranched alkanes of at least 4 members (excludes halogenated alkanes) is 1. The number of aromatic nitrogens is 1. The molecule has 0 aliphatic carbocycles. The zero-order valence-corrected chi connectivity index (χ0v) is 17.5. The van der Waals surface area contributed by atoms with Crippen LogP contribution in [0.25, 0.3) is 10.9 Å². The average molecular weight is 409 g/mol. The van der Waals surface area contributed by atoms with E-state index in [1.807, 2.05) is 24.4 Å². The third-order valence-corrected chi connectivity index (χ3v) is 5.94. The Labute approximate surface area is 177 Å². The summed E-state index contributed by atoms with van der Waals surface area (Å²) in [5, 5.41) is 1.05. The van der Waals surface area contributed by atoms with Gasteiger partial charge in [0.15, 0.2) is 5.78 Å². The lowest BCUT2D eigenvalue weighted by molar-refractivity contribution is 0.0992. The zero-order valence-electron chi connectivity index (χ0n) is 17.5. The van der Waals surface area contributed by atoms with E-state index in [2.05, 4.69) is 15.5 Å². The molecule has 1 aliphatic rings. The number of nitrogens with zero attached hydrogens (tertiary/aromatic N) is 2. The van der Waals surface area contributed by atoms with Crippen molar-refractivity contribution < 1.29 is 13.9 Å². The van der Waals surface area contributed by atoms with Crippen molar-refractivity contribution in [2.75, 3.05) is 19.6 Å².